The van der Waals surface area contributed by atoms with Crippen LogP contribution in [0.1, 0.15) is 5.56 Å². The molecule has 0 radical (unpaired) electrons. The van der Waals surface area contributed by atoms with Gasteiger partial charge in [0.1, 0.15) is 5.75 Å². The minimum atomic E-state index is -0.134. The second-order valence-electron chi connectivity index (χ2n) is 7.05. The lowest BCUT2D eigenvalue weighted by molar-refractivity contribution is 0.341. The van der Waals surface area contributed by atoms with Gasteiger partial charge in [-0.2, -0.15) is 0 Å². The zero-order valence-electron chi connectivity index (χ0n) is 18.2. The first-order valence-electron chi connectivity index (χ1n) is 10.2. The summed E-state index contributed by atoms with van der Waals surface area (Å²) in [6, 6.07) is 20.7. The van der Waals surface area contributed by atoms with Crippen molar-refractivity contribution in [2.45, 2.75) is 12.1 Å². The fraction of sp³-hybridized carbons (Fsp3) is 0.200. The van der Waals surface area contributed by atoms with Crippen LogP contribution >= 0.6 is 11.8 Å². The average molecular weight is 449 g/mol. The lowest BCUT2D eigenvalue weighted by Gasteiger charge is -2.15. The van der Waals surface area contributed by atoms with Gasteiger partial charge in [0.2, 0.25) is 0 Å². The highest BCUT2D eigenvalue weighted by atomic mass is 32.2. The number of ether oxygens (including phenoxy) is 3. The maximum absolute atomic E-state index is 13.4. The van der Waals surface area contributed by atoms with Gasteiger partial charge < -0.3 is 14.2 Å². The lowest BCUT2D eigenvalue weighted by atomic mass is 10.2. The summed E-state index contributed by atoms with van der Waals surface area (Å²) in [5.74, 6) is 2.63. The molecule has 164 valence electrons. The number of benzene rings is 3. The maximum Gasteiger partial charge on any atom is 0.266 e. The van der Waals surface area contributed by atoms with Crippen LogP contribution in [0.2, 0.25) is 0 Å². The van der Waals surface area contributed by atoms with E-state index in [1.807, 2.05) is 55.5 Å². The third-order valence-corrected chi connectivity index (χ3v) is 5.94. The lowest BCUT2D eigenvalue weighted by Crippen LogP contribution is -2.22. The van der Waals surface area contributed by atoms with Crippen LogP contribution < -0.4 is 19.8 Å². The molecule has 0 unspecified atom stereocenters. The van der Waals surface area contributed by atoms with E-state index >= 15 is 0 Å². The van der Waals surface area contributed by atoms with E-state index in [1.54, 1.807) is 37.0 Å². The predicted molar refractivity (Wildman–Crippen MR) is 128 cm³/mol. The normalized spacial score (nSPS) is 10.8. The zero-order valence-corrected chi connectivity index (χ0v) is 19.0. The van der Waals surface area contributed by atoms with Crippen LogP contribution in [0.5, 0.6) is 17.2 Å². The molecule has 0 fully saturated rings. The Morgan fingerprint density at radius 3 is 2.44 bits per heavy atom. The van der Waals surface area contributed by atoms with Crippen molar-refractivity contribution in [3.63, 3.8) is 0 Å². The number of aryl methyl sites for hydroxylation is 1. The van der Waals surface area contributed by atoms with E-state index in [2.05, 4.69) is 0 Å². The standard InChI is InChI=1S/C25H24N2O4S/c1-17-8-4-7-11-21(17)31-14-15-32-25-26-20-10-6-5-9-19(20)24(28)27(25)18-12-13-22(29-2)23(16-18)30-3/h4-13,16H,14-15H2,1-3H3. The summed E-state index contributed by atoms with van der Waals surface area (Å²) in [5.41, 5.74) is 2.28. The maximum atomic E-state index is 13.4. The molecule has 1 heterocycles. The molecule has 0 N–H and O–H groups in total. The van der Waals surface area contributed by atoms with Crippen LogP contribution in [0.15, 0.2) is 76.7 Å². The molecule has 0 aliphatic carbocycles. The summed E-state index contributed by atoms with van der Waals surface area (Å²) in [5, 5.41) is 1.15. The van der Waals surface area contributed by atoms with Crippen LogP contribution in [0.25, 0.3) is 16.6 Å². The van der Waals surface area contributed by atoms with Crippen molar-refractivity contribution < 1.29 is 14.2 Å². The highest BCUT2D eigenvalue weighted by Gasteiger charge is 2.15. The first-order valence-corrected chi connectivity index (χ1v) is 11.2. The topological polar surface area (TPSA) is 62.6 Å². The summed E-state index contributed by atoms with van der Waals surface area (Å²) in [7, 11) is 3.15. The molecular weight excluding hydrogens is 424 g/mol. The van der Waals surface area contributed by atoms with E-state index in [-0.39, 0.29) is 5.56 Å². The molecule has 32 heavy (non-hydrogen) atoms. The fourth-order valence-corrected chi connectivity index (χ4v) is 4.23. The molecule has 0 amide bonds. The van der Waals surface area contributed by atoms with Gasteiger partial charge in [-0.25, -0.2) is 4.98 Å². The van der Waals surface area contributed by atoms with Gasteiger partial charge in [0.05, 0.1) is 37.4 Å². The number of rotatable bonds is 8. The Labute approximate surface area is 190 Å². The summed E-state index contributed by atoms with van der Waals surface area (Å²) in [4.78, 5) is 18.2. The number of hydrogen-bond donors (Lipinski definition) is 0. The average Bonchev–Trinajstić information content (AvgIpc) is 2.82. The number of aromatic nitrogens is 2. The second-order valence-corrected chi connectivity index (χ2v) is 8.12. The fourth-order valence-electron chi connectivity index (χ4n) is 3.40. The number of hydrogen-bond acceptors (Lipinski definition) is 6. The monoisotopic (exact) mass is 448 g/mol. The molecule has 6 nitrogen and oxygen atoms in total. The molecule has 0 atom stereocenters. The Balaban J connectivity index is 1.68. The van der Waals surface area contributed by atoms with E-state index in [9.17, 15) is 4.79 Å². The van der Waals surface area contributed by atoms with Crippen molar-refractivity contribution in [3.8, 4) is 22.9 Å². The number of para-hydroxylation sites is 2. The van der Waals surface area contributed by atoms with Gasteiger partial charge in [0.25, 0.3) is 5.56 Å². The van der Waals surface area contributed by atoms with Crippen molar-refractivity contribution >= 4 is 22.7 Å². The van der Waals surface area contributed by atoms with E-state index in [1.165, 1.54) is 11.8 Å². The van der Waals surface area contributed by atoms with E-state index < -0.39 is 0 Å². The van der Waals surface area contributed by atoms with Gasteiger partial charge >= 0.3 is 0 Å². The Hall–Kier alpha value is -3.45. The summed E-state index contributed by atoms with van der Waals surface area (Å²) < 4.78 is 18.3. The van der Waals surface area contributed by atoms with Gasteiger partial charge in [-0.3, -0.25) is 9.36 Å². The summed E-state index contributed by atoms with van der Waals surface area (Å²) in [6.07, 6.45) is 0. The van der Waals surface area contributed by atoms with E-state index in [0.717, 1.165) is 11.3 Å². The quantitative estimate of drug-likeness (QED) is 0.217. The zero-order chi connectivity index (χ0) is 22.5. The third kappa shape index (κ3) is 4.43. The second kappa shape index (κ2) is 9.78. The van der Waals surface area contributed by atoms with Gasteiger partial charge in [0, 0.05) is 11.8 Å². The van der Waals surface area contributed by atoms with Gasteiger partial charge in [-0.1, -0.05) is 42.1 Å². The molecular formula is C25H24N2O4S. The molecule has 3 aromatic carbocycles. The van der Waals surface area contributed by atoms with Crippen molar-refractivity contribution in [3.05, 3.63) is 82.6 Å². The van der Waals surface area contributed by atoms with Crippen molar-refractivity contribution in [2.24, 2.45) is 0 Å². The van der Waals surface area contributed by atoms with Crippen molar-refractivity contribution in [1.82, 2.24) is 9.55 Å². The van der Waals surface area contributed by atoms with Gasteiger partial charge in [-0.15, -0.1) is 0 Å². The Morgan fingerprint density at radius 1 is 0.906 bits per heavy atom. The molecule has 0 aliphatic heterocycles. The van der Waals surface area contributed by atoms with E-state index in [4.69, 9.17) is 19.2 Å². The summed E-state index contributed by atoms with van der Waals surface area (Å²) in [6.45, 7) is 2.51. The van der Waals surface area contributed by atoms with E-state index in [0.29, 0.717) is 45.6 Å². The molecule has 7 heteroatoms. The van der Waals surface area contributed by atoms with Crippen molar-refractivity contribution in [1.29, 1.82) is 0 Å². The first kappa shape index (κ1) is 21.8. The molecule has 4 rings (SSSR count). The largest absolute Gasteiger partial charge is 0.493 e. The van der Waals surface area contributed by atoms with Gasteiger partial charge in [-0.05, 0) is 42.8 Å². The summed E-state index contributed by atoms with van der Waals surface area (Å²) >= 11 is 1.47. The van der Waals surface area contributed by atoms with Crippen LogP contribution in [0.3, 0.4) is 0 Å². The van der Waals surface area contributed by atoms with Crippen LogP contribution in [0, 0.1) is 6.92 Å². The van der Waals surface area contributed by atoms with Crippen LogP contribution in [-0.4, -0.2) is 36.1 Å². The number of nitrogens with zero attached hydrogens (tertiary/aromatic N) is 2. The molecule has 0 saturated heterocycles. The van der Waals surface area contributed by atoms with Crippen LogP contribution in [-0.2, 0) is 0 Å². The highest BCUT2D eigenvalue weighted by molar-refractivity contribution is 7.99. The van der Waals surface area contributed by atoms with Gasteiger partial charge in [0.15, 0.2) is 16.7 Å². The van der Waals surface area contributed by atoms with Crippen LogP contribution in [0.4, 0.5) is 0 Å². The molecule has 1 aromatic heterocycles. The Bertz CT molecular complexity index is 1300. The first-order chi connectivity index (χ1) is 15.6. The molecule has 0 aliphatic rings. The number of fused-ring (bicyclic) bond motifs is 1. The molecule has 0 spiro atoms. The SMILES string of the molecule is COc1ccc(-n2c(SCCOc3ccccc3C)nc3ccccc3c2=O)cc1OC. The molecule has 0 bridgehead atoms. The molecule has 4 aromatic rings. The number of methoxy groups -OCH3 is 2. The minimum absolute atomic E-state index is 0.134. The smallest absolute Gasteiger partial charge is 0.266 e. The number of thioether (sulfide) groups is 1. The molecule has 0 saturated carbocycles. The van der Waals surface area contributed by atoms with Crippen molar-refractivity contribution in [2.75, 3.05) is 26.6 Å². The minimum Gasteiger partial charge on any atom is -0.493 e. The predicted octanol–water partition coefficient (Wildman–Crippen LogP) is 4.88. The highest BCUT2D eigenvalue weighted by Crippen LogP contribution is 2.30. The third-order valence-electron chi connectivity index (χ3n) is 5.04. The Kier molecular flexibility index (Phi) is 6.66. The Morgan fingerprint density at radius 2 is 1.66 bits per heavy atom.